The highest BCUT2D eigenvalue weighted by Crippen LogP contribution is 2.27. The van der Waals surface area contributed by atoms with Crippen LogP contribution in [0, 0.1) is 0 Å². The summed E-state index contributed by atoms with van der Waals surface area (Å²) >= 11 is 0. The first-order valence-electron chi connectivity index (χ1n) is 6.04. The van der Waals surface area contributed by atoms with Crippen LogP contribution in [0.1, 0.15) is 12.7 Å². The summed E-state index contributed by atoms with van der Waals surface area (Å²) in [7, 11) is 0. The molecule has 0 spiro atoms. The zero-order chi connectivity index (χ0) is 14.8. The SMILES string of the molecule is CC(N)Cc1ccc(-c2ccc(OC(F)(F)F)cc2)o1. The molecule has 0 aliphatic heterocycles. The Hall–Kier alpha value is -1.95. The molecule has 1 unspecified atom stereocenters. The van der Waals surface area contributed by atoms with Gasteiger partial charge in [-0.05, 0) is 43.3 Å². The van der Waals surface area contributed by atoms with Gasteiger partial charge in [0, 0.05) is 18.0 Å². The van der Waals surface area contributed by atoms with Crippen molar-refractivity contribution in [3.8, 4) is 17.1 Å². The Morgan fingerprint density at radius 2 is 1.80 bits per heavy atom. The van der Waals surface area contributed by atoms with Gasteiger partial charge >= 0.3 is 6.36 Å². The van der Waals surface area contributed by atoms with Crippen LogP contribution in [-0.2, 0) is 6.42 Å². The van der Waals surface area contributed by atoms with Gasteiger partial charge in [0.2, 0.25) is 0 Å². The third-order valence-corrected chi connectivity index (χ3v) is 2.56. The predicted octanol–water partition coefficient (Wildman–Crippen LogP) is 3.73. The summed E-state index contributed by atoms with van der Waals surface area (Å²) in [5, 5.41) is 0. The first-order valence-corrected chi connectivity index (χ1v) is 6.04. The van der Waals surface area contributed by atoms with Crippen molar-refractivity contribution in [2.75, 3.05) is 0 Å². The summed E-state index contributed by atoms with van der Waals surface area (Å²) in [6, 6.07) is 9.06. The highest BCUT2D eigenvalue weighted by Gasteiger charge is 2.30. The standard InChI is InChI=1S/C14H14F3NO2/c1-9(18)8-12-6-7-13(19-12)10-2-4-11(5-3-10)20-14(15,16)17/h2-7,9H,8,18H2,1H3. The second kappa shape index (κ2) is 5.58. The monoisotopic (exact) mass is 285 g/mol. The number of benzene rings is 1. The molecule has 1 aromatic carbocycles. The molecule has 6 heteroatoms. The molecule has 1 atom stereocenters. The van der Waals surface area contributed by atoms with Crippen LogP contribution in [0.3, 0.4) is 0 Å². The lowest BCUT2D eigenvalue weighted by Crippen LogP contribution is -2.17. The minimum Gasteiger partial charge on any atom is -0.461 e. The van der Waals surface area contributed by atoms with Crippen LogP contribution in [-0.4, -0.2) is 12.4 Å². The molecule has 0 radical (unpaired) electrons. The van der Waals surface area contributed by atoms with E-state index in [9.17, 15) is 13.2 Å². The van der Waals surface area contributed by atoms with Crippen molar-refractivity contribution < 1.29 is 22.3 Å². The van der Waals surface area contributed by atoms with Crippen LogP contribution in [0.5, 0.6) is 5.75 Å². The molecular weight excluding hydrogens is 271 g/mol. The molecule has 3 nitrogen and oxygen atoms in total. The first-order chi connectivity index (χ1) is 9.33. The van der Waals surface area contributed by atoms with E-state index in [0.29, 0.717) is 17.7 Å². The molecule has 1 heterocycles. The van der Waals surface area contributed by atoms with Crippen LogP contribution < -0.4 is 10.5 Å². The smallest absolute Gasteiger partial charge is 0.461 e. The normalized spacial score (nSPS) is 13.2. The predicted molar refractivity (Wildman–Crippen MR) is 68.2 cm³/mol. The fraction of sp³-hybridized carbons (Fsp3) is 0.286. The topological polar surface area (TPSA) is 48.4 Å². The highest BCUT2D eigenvalue weighted by molar-refractivity contribution is 5.58. The molecule has 0 amide bonds. The third kappa shape index (κ3) is 4.03. The van der Waals surface area contributed by atoms with E-state index in [2.05, 4.69) is 4.74 Å². The fourth-order valence-electron chi connectivity index (χ4n) is 1.78. The summed E-state index contributed by atoms with van der Waals surface area (Å²) in [6.07, 6.45) is -4.08. The number of rotatable bonds is 4. The molecular formula is C14H14F3NO2. The van der Waals surface area contributed by atoms with E-state index in [4.69, 9.17) is 10.2 Å². The molecule has 0 fully saturated rings. The van der Waals surface area contributed by atoms with Crippen LogP contribution in [0.2, 0.25) is 0 Å². The van der Waals surface area contributed by atoms with E-state index in [1.807, 2.05) is 6.92 Å². The molecule has 0 saturated carbocycles. The maximum atomic E-state index is 12.0. The van der Waals surface area contributed by atoms with Crippen LogP contribution in [0.25, 0.3) is 11.3 Å². The second-order valence-corrected chi connectivity index (χ2v) is 4.52. The van der Waals surface area contributed by atoms with Crippen molar-refractivity contribution in [1.29, 1.82) is 0 Å². The number of furan rings is 1. The van der Waals surface area contributed by atoms with Crippen molar-refractivity contribution in [3.63, 3.8) is 0 Å². The zero-order valence-electron chi connectivity index (χ0n) is 10.8. The summed E-state index contributed by atoms with van der Waals surface area (Å²) < 4.78 is 45.5. The first kappa shape index (κ1) is 14.5. The molecule has 0 bridgehead atoms. The number of nitrogens with two attached hydrogens (primary N) is 1. The van der Waals surface area contributed by atoms with E-state index in [1.54, 1.807) is 12.1 Å². The van der Waals surface area contributed by atoms with Crippen molar-refractivity contribution >= 4 is 0 Å². The minimum atomic E-state index is -4.68. The molecule has 108 valence electrons. The minimum absolute atomic E-state index is 0.0171. The van der Waals surface area contributed by atoms with Gasteiger partial charge in [-0.15, -0.1) is 13.2 Å². The van der Waals surface area contributed by atoms with E-state index >= 15 is 0 Å². The second-order valence-electron chi connectivity index (χ2n) is 4.52. The number of halogens is 3. The van der Waals surface area contributed by atoms with Gasteiger partial charge < -0.3 is 14.9 Å². The van der Waals surface area contributed by atoms with E-state index in [-0.39, 0.29) is 11.8 Å². The van der Waals surface area contributed by atoms with Crippen LogP contribution in [0.4, 0.5) is 13.2 Å². The summed E-state index contributed by atoms with van der Waals surface area (Å²) in [5.74, 6) is 1.06. The Labute approximate surface area is 114 Å². The Kier molecular flexibility index (Phi) is 4.04. The van der Waals surface area contributed by atoms with Gasteiger partial charge in [-0.2, -0.15) is 0 Å². The zero-order valence-corrected chi connectivity index (χ0v) is 10.8. The van der Waals surface area contributed by atoms with Gasteiger partial charge in [-0.1, -0.05) is 0 Å². The largest absolute Gasteiger partial charge is 0.573 e. The lowest BCUT2D eigenvalue weighted by atomic mass is 10.1. The Bertz CT molecular complexity index is 559. The quantitative estimate of drug-likeness (QED) is 0.931. The van der Waals surface area contributed by atoms with Gasteiger partial charge in [0.25, 0.3) is 0 Å². The van der Waals surface area contributed by atoms with Gasteiger partial charge in [-0.3, -0.25) is 0 Å². The average molecular weight is 285 g/mol. The van der Waals surface area contributed by atoms with Crippen LogP contribution >= 0.6 is 0 Å². The van der Waals surface area contributed by atoms with Gasteiger partial charge in [0.15, 0.2) is 0 Å². The molecule has 2 aromatic rings. The van der Waals surface area contributed by atoms with Crippen molar-refractivity contribution in [2.45, 2.75) is 25.7 Å². The third-order valence-electron chi connectivity index (χ3n) is 2.56. The molecule has 2 rings (SSSR count). The maximum absolute atomic E-state index is 12.0. The summed E-state index contributed by atoms with van der Waals surface area (Å²) in [5.41, 5.74) is 6.34. The van der Waals surface area contributed by atoms with Crippen molar-refractivity contribution in [2.24, 2.45) is 5.73 Å². The van der Waals surface area contributed by atoms with E-state index < -0.39 is 6.36 Å². The van der Waals surface area contributed by atoms with E-state index in [1.165, 1.54) is 24.3 Å². The van der Waals surface area contributed by atoms with Gasteiger partial charge in [-0.25, -0.2) is 0 Å². The number of hydrogen-bond donors (Lipinski definition) is 1. The Morgan fingerprint density at radius 1 is 1.15 bits per heavy atom. The summed E-state index contributed by atoms with van der Waals surface area (Å²) in [4.78, 5) is 0. The molecule has 20 heavy (non-hydrogen) atoms. The number of hydrogen-bond acceptors (Lipinski definition) is 3. The Morgan fingerprint density at radius 3 is 2.35 bits per heavy atom. The van der Waals surface area contributed by atoms with Gasteiger partial charge in [0.1, 0.15) is 17.3 Å². The van der Waals surface area contributed by atoms with E-state index in [0.717, 1.165) is 5.76 Å². The fourth-order valence-corrected chi connectivity index (χ4v) is 1.78. The van der Waals surface area contributed by atoms with Gasteiger partial charge in [0.05, 0.1) is 0 Å². The lowest BCUT2D eigenvalue weighted by Gasteiger charge is -2.08. The van der Waals surface area contributed by atoms with Crippen LogP contribution in [0.15, 0.2) is 40.8 Å². The maximum Gasteiger partial charge on any atom is 0.573 e. The molecule has 1 aromatic heterocycles. The molecule has 2 N–H and O–H groups in total. The molecule has 0 saturated heterocycles. The van der Waals surface area contributed by atoms with Crippen molar-refractivity contribution in [1.82, 2.24) is 0 Å². The number of ether oxygens (including phenoxy) is 1. The molecule has 0 aliphatic carbocycles. The summed E-state index contributed by atoms with van der Waals surface area (Å²) in [6.45, 7) is 1.87. The molecule has 0 aliphatic rings. The average Bonchev–Trinajstić information content (AvgIpc) is 2.75. The Balaban J connectivity index is 2.11. The highest BCUT2D eigenvalue weighted by atomic mass is 19.4. The number of alkyl halides is 3. The lowest BCUT2D eigenvalue weighted by molar-refractivity contribution is -0.274. The van der Waals surface area contributed by atoms with Crippen molar-refractivity contribution in [3.05, 3.63) is 42.2 Å².